The second-order valence-electron chi connectivity index (χ2n) is 15.4. The third-order valence-corrected chi connectivity index (χ3v) is 9.53. The molecular formula is C53H61Cl2N9O6. The van der Waals surface area contributed by atoms with Gasteiger partial charge in [0.25, 0.3) is 0 Å². The van der Waals surface area contributed by atoms with E-state index in [0.717, 1.165) is 50.9 Å². The predicted octanol–water partition coefficient (Wildman–Crippen LogP) is 8.64. The number of ether oxygens (including phenoxy) is 4. The third kappa shape index (κ3) is 19.9. The van der Waals surface area contributed by atoms with Gasteiger partial charge in [-0.05, 0) is 114 Å². The number of fused-ring (bicyclic) bond motifs is 2. The highest BCUT2D eigenvalue weighted by Gasteiger charge is 2.15. The molecular weight excluding hydrogens is 930 g/mol. The normalized spacial score (nSPS) is 10.7. The van der Waals surface area contributed by atoms with Crippen molar-refractivity contribution < 1.29 is 28.5 Å². The van der Waals surface area contributed by atoms with Crippen LogP contribution >= 0.6 is 24.0 Å². The number of likely N-dealkylation sites (N-methyl/N-ethyl adjacent to an activating group) is 2. The Balaban J connectivity index is 0.000000318. The molecule has 0 aliphatic carbocycles. The zero-order chi connectivity index (χ0) is 50.0. The molecule has 0 aliphatic rings. The number of anilines is 5. The Morgan fingerprint density at radius 3 is 1.66 bits per heavy atom. The number of hydrogen-bond acceptors (Lipinski definition) is 15. The Morgan fingerprint density at radius 2 is 1.17 bits per heavy atom. The quantitative estimate of drug-likeness (QED) is 0.0193. The van der Waals surface area contributed by atoms with E-state index in [-0.39, 0.29) is 24.6 Å². The molecule has 0 spiro atoms. The summed E-state index contributed by atoms with van der Waals surface area (Å²) in [5.74, 6) is 7.70. The number of halogens is 2. The highest BCUT2D eigenvalue weighted by Crippen LogP contribution is 2.33. The van der Waals surface area contributed by atoms with Gasteiger partial charge in [0.15, 0.2) is 5.78 Å². The van der Waals surface area contributed by atoms with Crippen molar-refractivity contribution in [3.8, 4) is 36.2 Å². The van der Waals surface area contributed by atoms with Crippen LogP contribution in [0.1, 0.15) is 30.5 Å². The van der Waals surface area contributed by atoms with Crippen molar-refractivity contribution in [3.05, 3.63) is 126 Å². The lowest BCUT2D eigenvalue weighted by atomic mass is 10.0. The second kappa shape index (κ2) is 31.1. The molecule has 70 heavy (non-hydrogen) atoms. The van der Waals surface area contributed by atoms with Gasteiger partial charge >= 0.3 is 0 Å². The first-order chi connectivity index (χ1) is 33.3. The van der Waals surface area contributed by atoms with Gasteiger partial charge in [0, 0.05) is 83.7 Å². The summed E-state index contributed by atoms with van der Waals surface area (Å²) >= 11 is 5.02. The molecule has 0 saturated carbocycles. The first-order valence-corrected chi connectivity index (χ1v) is 22.5. The van der Waals surface area contributed by atoms with E-state index in [4.69, 9.17) is 49.1 Å². The fourth-order valence-corrected chi connectivity index (χ4v) is 6.27. The maximum absolute atomic E-state index is 12.7. The molecule has 4 aromatic carbocycles. The number of hydrogen-bond donors (Lipinski definition) is 3. The summed E-state index contributed by atoms with van der Waals surface area (Å²) in [6.07, 6.45) is 20.7. The number of terminal acetylenes is 2. The molecule has 0 fully saturated rings. The molecule has 0 unspecified atom stereocenters. The summed E-state index contributed by atoms with van der Waals surface area (Å²) in [5, 5.41) is 7.74. The van der Waals surface area contributed by atoms with Gasteiger partial charge < -0.3 is 45.1 Å². The lowest BCUT2D eigenvalue weighted by Crippen LogP contribution is -2.12. The van der Waals surface area contributed by atoms with Crippen molar-refractivity contribution in [3.63, 3.8) is 0 Å². The summed E-state index contributed by atoms with van der Waals surface area (Å²) in [5.41, 5.74) is 12.1. The van der Waals surface area contributed by atoms with Crippen LogP contribution in [0, 0.1) is 24.7 Å². The number of ketones is 1. The van der Waals surface area contributed by atoms with E-state index in [1.165, 1.54) is 18.7 Å². The zero-order valence-corrected chi connectivity index (χ0v) is 42.0. The summed E-state index contributed by atoms with van der Waals surface area (Å²) in [6, 6.07) is 22.5. The second-order valence-corrected chi connectivity index (χ2v) is 15.8. The third-order valence-electron chi connectivity index (χ3n) is 9.41. The van der Waals surface area contributed by atoms with Gasteiger partial charge in [-0.3, -0.25) is 9.59 Å². The smallest absolute Gasteiger partial charge is 0.244 e. The minimum Gasteiger partial charge on any atom is -0.491 e. The van der Waals surface area contributed by atoms with Gasteiger partial charge in [-0.15, -0.1) is 25.3 Å². The molecule has 0 aliphatic heterocycles. The van der Waals surface area contributed by atoms with Crippen LogP contribution in [0.4, 0.5) is 28.7 Å². The van der Waals surface area contributed by atoms with Crippen LogP contribution in [-0.4, -0.2) is 122 Å². The van der Waals surface area contributed by atoms with E-state index in [1.54, 1.807) is 24.3 Å². The van der Waals surface area contributed by atoms with E-state index in [1.807, 2.05) is 119 Å². The van der Waals surface area contributed by atoms with Crippen LogP contribution in [-0.2, 0) is 25.5 Å². The van der Waals surface area contributed by atoms with Crippen molar-refractivity contribution in [2.75, 3.05) is 97.3 Å². The summed E-state index contributed by atoms with van der Waals surface area (Å²) < 4.78 is 22.3. The Hall–Kier alpha value is -7.08. The topological polar surface area (TPSA) is 179 Å². The SMILES string of the molecule is C#Cc1cccc(Nc2ncnc3cc(OCCOCC)c(CC(=O)/C=C/CN(C)C)cc23)c1.C#Cc1cccc(Nc2ncnc3cc(OCCOCC)c(N)cc23)c1.CN(C)C/C=C/C(=O)Cl.Cl. The van der Waals surface area contributed by atoms with Crippen LogP contribution in [0.5, 0.6) is 11.5 Å². The molecule has 0 bridgehead atoms. The number of rotatable bonds is 22. The van der Waals surface area contributed by atoms with E-state index < -0.39 is 5.24 Å². The summed E-state index contributed by atoms with van der Waals surface area (Å²) in [4.78, 5) is 44.1. The monoisotopic (exact) mass is 989 g/mol. The van der Waals surface area contributed by atoms with Gasteiger partial charge in [0.05, 0.1) is 29.9 Å². The number of carbonyl (C=O) groups excluding carboxylic acids is 2. The molecule has 0 radical (unpaired) electrons. The van der Waals surface area contributed by atoms with Crippen molar-refractivity contribution >= 4 is 85.5 Å². The fourth-order valence-electron chi connectivity index (χ4n) is 6.18. The van der Waals surface area contributed by atoms with Crippen molar-refractivity contribution in [2.24, 2.45) is 0 Å². The number of carbonyl (C=O) groups is 2. The average molecular weight is 991 g/mol. The molecule has 0 saturated heterocycles. The summed E-state index contributed by atoms with van der Waals surface area (Å²) in [6.45, 7) is 8.37. The van der Waals surface area contributed by atoms with Crippen LogP contribution in [0.3, 0.4) is 0 Å². The molecule has 2 aromatic heterocycles. The maximum Gasteiger partial charge on any atom is 0.244 e. The highest BCUT2D eigenvalue weighted by atomic mass is 35.5. The van der Waals surface area contributed by atoms with Gasteiger partial charge in [-0.1, -0.05) is 36.1 Å². The first-order valence-electron chi connectivity index (χ1n) is 22.1. The van der Waals surface area contributed by atoms with Gasteiger partial charge in [-0.2, -0.15) is 0 Å². The molecule has 6 aromatic rings. The van der Waals surface area contributed by atoms with E-state index in [2.05, 4.69) is 42.4 Å². The fraction of sp³-hybridized carbons (Fsp3) is 0.283. The van der Waals surface area contributed by atoms with Crippen LogP contribution in [0.25, 0.3) is 21.8 Å². The Kier molecular flexibility index (Phi) is 25.5. The van der Waals surface area contributed by atoms with Crippen LogP contribution < -0.4 is 25.8 Å². The van der Waals surface area contributed by atoms with E-state index in [0.29, 0.717) is 80.5 Å². The number of nitrogens with zero attached hydrogens (tertiary/aromatic N) is 6. The zero-order valence-electron chi connectivity index (χ0n) is 40.4. The minimum atomic E-state index is -0.420. The van der Waals surface area contributed by atoms with Gasteiger partial charge in [0.2, 0.25) is 5.24 Å². The largest absolute Gasteiger partial charge is 0.491 e. The Morgan fingerprint density at radius 1 is 0.686 bits per heavy atom. The van der Waals surface area contributed by atoms with Crippen molar-refractivity contribution in [1.29, 1.82) is 0 Å². The maximum atomic E-state index is 12.7. The number of nitrogens with two attached hydrogens (primary N) is 1. The van der Waals surface area contributed by atoms with Gasteiger partial charge in [-0.25, -0.2) is 19.9 Å². The predicted molar refractivity (Wildman–Crippen MR) is 285 cm³/mol. The average Bonchev–Trinajstić information content (AvgIpc) is 3.32. The lowest BCUT2D eigenvalue weighted by Gasteiger charge is -2.14. The molecule has 6 rings (SSSR count). The molecule has 0 amide bonds. The van der Waals surface area contributed by atoms with Crippen LogP contribution in [0.2, 0.25) is 0 Å². The number of nitrogen functional groups attached to an aromatic ring is 1. The molecule has 4 N–H and O–H groups in total. The van der Waals surface area contributed by atoms with Crippen molar-refractivity contribution in [2.45, 2.75) is 20.3 Å². The van der Waals surface area contributed by atoms with E-state index >= 15 is 0 Å². The number of nitrogens with one attached hydrogen (secondary N) is 2. The molecule has 17 heteroatoms. The summed E-state index contributed by atoms with van der Waals surface area (Å²) in [7, 11) is 7.75. The highest BCUT2D eigenvalue weighted by molar-refractivity contribution is 6.66. The molecule has 2 heterocycles. The number of allylic oxidation sites excluding steroid dienone is 2. The Labute approximate surface area is 422 Å². The molecule has 0 atom stereocenters. The minimum absolute atomic E-state index is 0. The molecule has 15 nitrogen and oxygen atoms in total. The Bertz CT molecular complexity index is 2770. The number of aromatic nitrogens is 4. The molecule has 368 valence electrons. The first kappa shape index (κ1) is 57.2. The lowest BCUT2D eigenvalue weighted by molar-refractivity contribution is -0.114. The van der Waals surface area contributed by atoms with Gasteiger partial charge in [0.1, 0.15) is 49.0 Å². The standard InChI is InChI=1S/C27H30N4O3.C20H20N4O2.C6H10ClNO.ClH/c1-5-20-9-7-10-22(15-20)30-27-24-17-21(16-23(32)11-8-12-31(3)4)26(34-14-13-33-6-2)18-25(24)28-19-29-27;1-3-14-6-5-7-15(10-14)24-20-16-11-17(21)19(26-9-8-25-4-2)12-18(16)22-13-23-20;1-8(2)5-3-4-6(7)9;/h1,7-11,15,17-19H,6,12-14,16H2,2-4H3,(H,28,29,30);1,5-7,10-13H,4,8-9,21H2,2H3,(H,22,23,24);3-4H,5H2,1-2H3;1H/b11-8+;;4-3+;. The van der Waals surface area contributed by atoms with Crippen molar-refractivity contribution in [1.82, 2.24) is 29.7 Å². The van der Waals surface area contributed by atoms with Crippen LogP contribution in [0.15, 0.2) is 110 Å². The number of benzene rings is 4. The van der Waals surface area contributed by atoms with E-state index in [9.17, 15) is 9.59 Å².